The van der Waals surface area contributed by atoms with Gasteiger partial charge in [0.15, 0.2) is 11.5 Å². The first-order valence-corrected chi connectivity index (χ1v) is 6.55. The van der Waals surface area contributed by atoms with Crippen molar-refractivity contribution in [3.8, 4) is 11.5 Å². The van der Waals surface area contributed by atoms with E-state index in [-0.39, 0.29) is 0 Å². The monoisotopic (exact) mass is 301 g/mol. The Bertz CT molecular complexity index is 380. The molecule has 96 valence electrons. The molecule has 0 radical (unpaired) electrons. The van der Waals surface area contributed by atoms with Crippen LogP contribution >= 0.6 is 15.9 Å². The Morgan fingerprint density at radius 2 is 1.94 bits per heavy atom. The Kier molecular flexibility index (Phi) is 5.78. The molecule has 3 nitrogen and oxygen atoms in total. The molecule has 17 heavy (non-hydrogen) atoms. The minimum absolute atomic E-state index is 0.782. The van der Waals surface area contributed by atoms with Crippen LogP contribution in [0.2, 0.25) is 0 Å². The van der Waals surface area contributed by atoms with Gasteiger partial charge in [0, 0.05) is 10.0 Å². The standard InChI is InChI=1S/C13H20BrNO2/c1-5-9-10(6-7-15-2)11(14)8-12(16-3)13(9)17-4/h8,15H,5-7H2,1-4H3. The van der Waals surface area contributed by atoms with Gasteiger partial charge in [-0.3, -0.25) is 0 Å². The maximum atomic E-state index is 5.47. The fourth-order valence-corrected chi connectivity index (χ4v) is 2.61. The summed E-state index contributed by atoms with van der Waals surface area (Å²) >= 11 is 3.61. The van der Waals surface area contributed by atoms with Crippen molar-refractivity contribution in [1.29, 1.82) is 0 Å². The molecule has 1 aromatic rings. The highest BCUT2D eigenvalue weighted by atomic mass is 79.9. The van der Waals surface area contributed by atoms with Crippen LogP contribution in [0.1, 0.15) is 18.1 Å². The van der Waals surface area contributed by atoms with E-state index in [9.17, 15) is 0 Å². The molecule has 0 atom stereocenters. The number of hydrogen-bond acceptors (Lipinski definition) is 3. The normalized spacial score (nSPS) is 10.4. The topological polar surface area (TPSA) is 30.5 Å². The van der Waals surface area contributed by atoms with Crippen LogP contribution < -0.4 is 14.8 Å². The molecule has 1 N–H and O–H groups in total. The summed E-state index contributed by atoms with van der Waals surface area (Å²) in [6.45, 7) is 3.08. The summed E-state index contributed by atoms with van der Waals surface area (Å²) in [6, 6.07) is 1.98. The molecule has 0 saturated carbocycles. The van der Waals surface area contributed by atoms with Crippen molar-refractivity contribution in [3.05, 3.63) is 21.7 Å². The number of rotatable bonds is 6. The first-order chi connectivity index (χ1) is 8.19. The van der Waals surface area contributed by atoms with E-state index in [4.69, 9.17) is 9.47 Å². The van der Waals surface area contributed by atoms with E-state index >= 15 is 0 Å². The number of hydrogen-bond donors (Lipinski definition) is 1. The van der Waals surface area contributed by atoms with Gasteiger partial charge in [-0.2, -0.15) is 0 Å². The van der Waals surface area contributed by atoms with E-state index < -0.39 is 0 Å². The number of benzene rings is 1. The van der Waals surface area contributed by atoms with Crippen molar-refractivity contribution in [2.24, 2.45) is 0 Å². The van der Waals surface area contributed by atoms with Crippen molar-refractivity contribution in [2.45, 2.75) is 19.8 Å². The zero-order valence-corrected chi connectivity index (χ0v) is 12.5. The molecule has 0 spiro atoms. The van der Waals surface area contributed by atoms with E-state index in [2.05, 4.69) is 28.2 Å². The molecule has 0 amide bonds. The van der Waals surface area contributed by atoms with Crippen LogP contribution in [0.4, 0.5) is 0 Å². The van der Waals surface area contributed by atoms with Gasteiger partial charge in [-0.15, -0.1) is 0 Å². The van der Waals surface area contributed by atoms with E-state index in [0.29, 0.717) is 0 Å². The summed E-state index contributed by atoms with van der Waals surface area (Å²) in [4.78, 5) is 0. The van der Waals surface area contributed by atoms with Gasteiger partial charge in [-0.25, -0.2) is 0 Å². The summed E-state index contributed by atoms with van der Waals surface area (Å²) in [7, 11) is 5.31. The van der Waals surface area contributed by atoms with Crippen LogP contribution in [0.5, 0.6) is 11.5 Å². The number of ether oxygens (including phenoxy) is 2. The van der Waals surface area contributed by atoms with Crippen LogP contribution in [0.3, 0.4) is 0 Å². The zero-order chi connectivity index (χ0) is 12.8. The molecular weight excluding hydrogens is 282 g/mol. The summed E-state index contributed by atoms with van der Waals surface area (Å²) < 4.78 is 11.9. The zero-order valence-electron chi connectivity index (χ0n) is 10.9. The fraction of sp³-hybridized carbons (Fsp3) is 0.538. The third-order valence-corrected chi connectivity index (χ3v) is 3.52. The number of likely N-dealkylation sites (N-methyl/N-ethyl adjacent to an activating group) is 1. The van der Waals surface area contributed by atoms with Gasteiger partial charge in [0.1, 0.15) is 0 Å². The fourth-order valence-electron chi connectivity index (χ4n) is 1.97. The third-order valence-electron chi connectivity index (χ3n) is 2.81. The maximum Gasteiger partial charge on any atom is 0.164 e. The largest absolute Gasteiger partial charge is 0.493 e. The van der Waals surface area contributed by atoms with Crippen molar-refractivity contribution in [3.63, 3.8) is 0 Å². The molecule has 0 aliphatic carbocycles. The van der Waals surface area contributed by atoms with Gasteiger partial charge in [0.2, 0.25) is 0 Å². The molecule has 0 bridgehead atoms. The van der Waals surface area contributed by atoms with Gasteiger partial charge in [0.05, 0.1) is 14.2 Å². The van der Waals surface area contributed by atoms with E-state index in [1.165, 1.54) is 11.1 Å². The van der Waals surface area contributed by atoms with Crippen LogP contribution in [0, 0.1) is 0 Å². The SMILES string of the molecule is CCc1c(CCNC)c(Br)cc(OC)c1OC. The van der Waals surface area contributed by atoms with E-state index in [1.807, 2.05) is 13.1 Å². The Morgan fingerprint density at radius 1 is 1.24 bits per heavy atom. The minimum Gasteiger partial charge on any atom is -0.493 e. The van der Waals surface area contributed by atoms with E-state index in [1.54, 1.807) is 14.2 Å². The highest BCUT2D eigenvalue weighted by molar-refractivity contribution is 9.10. The lowest BCUT2D eigenvalue weighted by atomic mass is 10.0. The highest BCUT2D eigenvalue weighted by Crippen LogP contribution is 2.38. The molecule has 0 unspecified atom stereocenters. The third kappa shape index (κ3) is 3.13. The lowest BCUT2D eigenvalue weighted by molar-refractivity contribution is 0.351. The van der Waals surface area contributed by atoms with Gasteiger partial charge in [0.25, 0.3) is 0 Å². The molecule has 4 heteroatoms. The minimum atomic E-state index is 0.782. The quantitative estimate of drug-likeness (QED) is 0.876. The van der Waals surface area contributed by atoms with Crippen molar-refractivity contribution in [1.82, 2.24) is 5.32 Å². The number of nitrogens with one attached hydrogen (secondary N) is 1. The average molecular weight is 302 g/mol. The highest BCUT2D eigenvalue weighted by Gasteiger charge is 2.16. The Hall–Kier alpha value is -0.740. The molecule has 0 fully saturated rings. The molecule has 0 heterocycles. The van der Waals surface area contributed by atoms with Crippen LogP contribution in [0.25, 0.3) is 0 Å². The Balaban J connectivity index is 3.27. The lowest BCUT2D eigenvalue weighted by Crippen LogP contribution is -2.12. The number of halogens is 1. The first kappa shape index (κ1) is 14.3. The van der Waals surface area contributed by atoms with Gasteiger partial charge in [-0.1, -0.05) is 22.9 Å². The lowest BCUT2D eigenvalue weighted by Gasteiger charge is -2.17. The van der Waals surface area contributed by atoms with Gasteiger partial charge < -0.3 is 14.8 Å². The second kappa shape index (κ2) is 6.87. The van der Waals surface area contributed by atoms with Crippen LogP contribution in [-0.2, 0) is 12.8 Å². The summed E-state index contributed by atoms with van der Waals surface area (Å²) in [5.41, 5.74) is 2.51. The Labute approximate surface area is 112 Å². The van der Waals surface area contributed by atoms with Gasteiger partial charge >= 0.3 is 0 Å². The van der Waals surface area contributed by atoms with Crippen molar-refractivity contribution >= 4 is 15.9 Å². The predicted octanol–water partition coefficient (Wildman–Crippen LogP) is 2.79. The summed E-state index contributed by atoms with van der Waals surface area (Å²) in [5.74, 6) is 1.63. The van der Waals surface area contributed by atoms with Gasteiger partial charge in [-0.05, 0) is 38.1 Å². The van der Waals surface area contributed by atoms with Crippen LogP contribution in [0.15, 0.2) is 10.5 Å². The molecule has 0 aliphatic rings. The molecule has 1 rings (SSSR count). The maximum absolute atomic E-state index is 5.47. The molecule has 0 aromatic heterocycles. The van der Waals surface area contributed by atoms with Crippen molar-refractivity contribution < 1.29 is 9.47 Å². The second-order valence-electron chi connectivity index (χ2n) is 3.76. The summed E-state index contributed by atoms with van der Waals surface area (Å²) in [5, 5.41) is 3.17. The number of methoxy groups -OCH3 is 2. The smallest absolute Gasteiger partial charge is 0.164 e. The van der Waals surface area contributed by atoms with E-state index in [0.717, 1.165) is 35.4 Å². The molecule has 0 saturated heterocycles. The molecular formula is C13H20BrNO2. The Morgan fingerprint density at radius 3 is 2.41 bits per heavy atom. The summed E-state index contributed by atoms with van der Waals surface area (Å²) in [6.07, 6.45) is 1.90. The predicted molar refractivity (Wildman–Crippen MR) is 74.3 cm³/mol. The average Bonchev–Trinajstić information content (AvgIpc) is 2.35. The van der Waals surface area contributed by atoms with Crippen LogP contribution in [-0.4, -0.2) is 27.8 Å². The molecule has 0 aliphatic heterocycles. The second-order valence-corrected chi connectivity index (χ2v) is 4.61. The molecule has 1 aromatic carbocycles. The van der Waals surface area contributed by atoms with Crippen molar-refractivity contribution in [2.75, 3.05) is 27.8 Å². The first-order valence-electron chi connectivity index (χ1n) is 5.76.